The van der Waals surface area contributed by atoms with E-state index in [1.165, 1.54) is 0 Å². The monoisotopic (exact) mass is 96.0 g/mol. The smallest absolute Gasteiger partial charge is 0.0596 e. The first kappa shape index (κ1) is 5.17. The highest BCUT2D eigenvalue weighted by Gasteiger charge is 1.53. The van der Waals surface area contributed by atoms with Crippen molar-refractivity contribution in [2.75, 3.05) is 0 Å². The van der Waals surface area contributed by atoms with Crippen LogP contribution in [0.1, 0.15) is 0 Å². The van der Waals surface area contributed by atoms with Gasteiger partial charge in [0.05, 0.1) is 10.2 Å². The van der Waals surface area contributed by atoms with Crippen molar-refractivity contribution in [1.82, 2.24) is 0 Å². The van der Waals surface area contributed by atoms with Gasteiger partial charge in [-0.1, -0.05) is 6.08 Å². The van der Waals surface area contributed by atoms with Gasteiger partial charge in [0, 0.05) is 10.2 Å². The molecule has 0 aromatic heterocycles. The lowest BCUT2D eigenvalue weighted by Gasteiger charge is -1.64. The fourth-order valence-electron chi connectivity index (χ4n) is 0.0589. The molecule has 0 aliphatic heterocycles. The van der Waals surface area contributed by atoms with Crippen LogP contribution in [-0.4, -0.2) is 20.5 Å². The third-order valence-electron chi connectivity index (χ3n) is 0.236. The highest BCUT2D eigenvalue weighted by Crippen LogP contribution is 1.67. The predicted octanol–water partition coefficient (Wildman–Crippen LogP) is 0.255. The first-order valence-corrected chi connectivity index (χ1v) is 2.67. The van der Waals surface area contributed by atoms with Crippen LogP contribution >= 0.6 is 0 Å². The Morgan fingerprint density at radius 1 is 1.60 bits per heavy atom. The normalized spacial score (nSPS) is 10.0. The minimum atomic E-state index is 0.920. The second kappa shape index (κ2) is 4.17. The Hall–Kier alpha value is 0.174. The second-order valence-electron chi connectivity index (χ2n) is 0.606. The van der Waals surface area contributed by atoms with Gasteiger partial charge in [-0.25, -0.2) is 0 Å². The molecule has 2 heteroatoms. The summed E-state index contributed by atoms with van der Waals surface area (Å²) >= 11 is 0. The standard InChI is InChI=1S/C3H4Si2/c4-2-1-3-5/h1-2H,3H2. The quantitative estimate of drug-likeness (QED) is 0.411. The van der Waals surface area contributed by atoms with E-state index in [9.17, 15) is 0 Å². The summed E-state index contributed by atoms with van der Waals surface area (Å²) in [7, 11) is 6.37. The molecule has 24 valence electrons. The van der Waals surface area contributed by atoms with Crippen LogP contribution in [0.4, 0.5) is 0 Å². The molecule has 0 fully saturated rings. The minimum Gasteiger partial charge on any atom is -0.106 e. The molecule has 0 aliphatic carbocycles. The fraction of sp³-hybridized carbons (Fsp3) is 0.333. The van der Waals surface area contributed by atoms with Crippen LogP contribution < -0.4 is 0 Å². The lowest BCUT2D eigenvalue weighted by molar-refractivity contribution is 1.75. The molecular formula is C3H4Si2. The molecule has 0 aromatic carbocycles. The Kier molecular flexibility index (Phi) is 4.32. The summed E-state index contributed by atoms with van der Waals surface area (Å²) < 4.78 is 0. The van der Waals surface area contributed by atoms with E-state index in [0.29, 0.717) is 0 Å². The van der Waals surface area contributed by atoms with Gasteiger partial charge in [0.15, 0.2) is 0 Å². The lowest BCUT2D eigenvalue weighted by atomic mass is 10.8. The van der Waals surface area contributed by atoms with Gasteiger partial charge < -0.3 is 0 Å². The van der Waals surface area contributed by atoms with E-state index in [0.717, 1.165) is 6.04 Å². The van der Waals surface area contributed by atoms with Crippen molar-refractivity contribution < 1.29 is 0 Å². The zero-order valence-corrected chi connectivity index (χ0v) is 4.86. The first-order valence-electron chi connectivity index (χ1n) is 1.38. The molecule has 0 unspecified atom stereocenters. The number of allylic oxidation sites excluding steroid dienone is 1. The maximum Gasteiger partial charge on any atom is 0.0596 e. The van der Waals surface area contributed by atoms with E-state index in [4.69, 9.17) is 0 Å². The lowest BCUT2D eigenvalue weighted by Crippen LogP contribution is -1.55. The Morgan fingerprint density at radius 3 is 2.20 bits per heavy atom. The van der Waals surface area contributed by atoms with Gasteiger partial charge >= 0.3 is 0 Å². The summed E-state index contributed by atoms with van der Waals surface area (Å²) in [4.78, 5) is 0. The van der Waals surface area contributed by atoms with Crippen LogP contribution in [-0.2, 0) is 0 Å². The van der Waals surface area contributed by atoms with Crippen molar-refractivity contribution in [3.05, 3.63) is 11.8 Å². The fourth-order valence-corrected chi connectivity index (χ4v) is 0.530. The van der Waals surface area contributed by atoms with E-state index in [2.05, 4.69) is 20.5 Å². The third kappa shape index (κ3) is 4.17. The van der Waals surface area contributed by atoms with Crippen LogP contribution in [0.15, 0.2) is 11.8 Å². The average Bonchev–Trinajstić information content (AvgIpc) is 1.41. The van der Waals surface area contributed by atoms with E-state index >= 15 is 0 Å². The second-order valence-corrected chi connectivity index (χ2v) is 1.35. The maximum absolute atomic E-state index is 3.23. The molecular weight excluding hydrogens is 92.2 g/mol. The van der Waals surface area contributed by atoms with Crippen LogP contribution in [0.5, 0.6) is 0 Å². The van der Waals surface area contributed by atoms with Crippen molar-refractivity contribution in [1.29, 1.82) is 0 Å². The van der Waals surface area contributed by atoms with Crippen LogP contribution in [0, 0.1) is 0 Å². The van der Waals surface area contributed by atoms with E-state index < -0.39 is 0 Å². The molecule has 0 amide bonds. The number of rotatable bonds is 1. The molecule has 0 bridgehead atoms. The Bertz CT molecular complexity index is 31.9. The summed E-state index contributed by atoms with van der Waals surface area (Å²) in [5.41, 5.74) is 1.81. The predicted molar refractivity (Wildman–Crippen MR) is 25.5 cm³/mol. The molecule has 5 heavy (non-hydrogen) atoms. The molecule has 0 atom stereocenters. The molecule has 0 N–H and O–H groups in total. The van der Waals surface area contributed by atoms with Crippen molar-refractivity contribution in [3.8, 4) is 0 Å². The molecule has 6 radical (unpaired) electrons. The van der Waals surface area contributed by atoms with E-state index in [1.807, 2.05) is 11.8 Å². The summed E-state index contributed by atoms with van der Waals surface area (Å²) in [6, 6.07) is 0.920. The summed E-state index contributed by atoms with van der Waals surface area (Å²) in [6.45, 7) is 0. The largest absolute Gasteiger partial charge is 0.106 e. The highest BCUT2D eigenvalue weighted by atomic mass is 28.1. The Balaban J connectivity index is 2.62. The SMILES string of the molecule is [Si]C=CC[Si]. The van der Waals surface area contributed by atoms with Gasteiger partial charge in [0.2, 0.25) is 0 Å². The van der Waals surface area contributed by atoms with Gasteiger partial charge in [-0.05, 0) is 6.04 Å². The molecule has 0 aromatic rings. The molecule has 0 heterocycles. The molecule has 0 aliphatic rings. The van der Waals surface area contributed by atoms with Crippen LogP contribution in [0.25, 0.3) is 0 Å². The molecule has 0 saturated carbocycles. The van der Waals surface area contributed by atoms with Crippen LogP contribution in [0.2, 0.25) is 6.04 Å². The number of hydrogen-bond acceptors (Lipinski definition) is 0. The molecule has 0 rings (SSSR count). The Morgan fingerprint density at radius 2 is 2.20 bits per heavy atom. The van der Waals surface area contributed by atoms with E-state index in [-0.39, 0.29) is 0 Å². The van der Waals surface area contributed by atoms with Crippen molar-refractivity contribution in [3.63, 3.8) is 0 Å². The summed E-state index contributed by atoms with van der Waals surface area (Å²) in [5, 5.41) is 0. The zero-order chi connectivity index (χ0) is 4.12. The highest BCUT2D eigenvalue weighted by molar-refractivity contribution is 6.18. The molecule has 0 nitrogen and oxygen atoms in total. The Labute approximate surface area is 39.1 Å². The van der Waals surface area contributed by atoms with Gasteiger partial charge in [0.1, 0.15) is 0 Å². The van der Waals surface area contributed by atoms with Gasteiger partial charge in [-0.15, -0.1) is 5.70 Å². The van der Waals surface area contributed by atoms with Gasteiger partial charge in [0.25, 0.3) is 0 Å². The van der Waals surface area contributed by atoms with Gasteiger partial charge in [-0.3, -0.25) is 0 Å². The summed E-state index contributed by atoms with van der Waals surface area (Å²) in [6.07, 6.45) is 1.95. The van der Waals surface area contributed by atoms with Gasteiger partial charge in [-0.2, -0.15) is 0 Å². The van der Waals surface area contributed by atoms with Crippen molar-refractivity contribution in [2.24, 2.45) is 0 Å². The molecule has 0 saturated heterocycles. The topological polar surface area (TPSA) is 0 Å². The van der Waals surface area contributed by atoms with E-state index in [1.54, 1.807) is 0 Å². The molecule has 0 spiro atoms. The number of hydrogen-bond donors (Lipinski definition) is 0. The zero-order valence-electron chi connectivity index (χ0n) is 2.86. The van der Waals surface area contributed by atoms with Crippen molar-refractivity contribution >= 4 is 20.5 Å². The third-order valence-corrected chi connectivity index (χ3v) is 0.707. The van der Waals surface area contributed by atoms with Crippen LogP contribution in [0.3, 0.4) is 0 Å². The minimum absolute atomic E-state index is 0.920. The first-order chi connectivity index (χ1) is 2.41. The summed E-state index contributed by atoms with van der Waals surface area (Å²) in [5.74, 6) is 0. The average molecular weight is 96.2 g/mol. The maximum atomic E-state index is 3.23. The van der Waals surface area contributed by atoms with Crippen molar-refractivity contribution in [2.45, 2.75) is 6.04 Å².